The summed E-state index contributed by atoms with van der Waals surface area (Å²) >= 11 is 3.79. The Bertz CT molecular complexity index is 751. The van der Waals surface area contributed by atoms with Crippen LogP contribution in [0, 0.1) is 0 Å². The molecule has 0 saturated carbocycles. The number of hydrogen-bond donors (Lipinski definition) is 0. The van der Waals surface area contributed by atoms with Crippen molar-refractivity contribution < 1.29 is 4.74 Å². The largest absolute Gasteiger partial charge is 0.497 e. The Kier molecular flexibility index (Phi) is 4.26. The summed E-state index contributed by atoms with van der Waals surface area (Å²) in [5.74, 6) is 0.899. The third-order valence-electron chi connectivity index (χ3n) is 3.68. The Hall–Kier alpha value is -1.80. The molecule has 0 bridgehead atoms. The van der Waals surface area contributed by atoms with Gasteiger partial charge in [-0.2, -0.15) is 0 Å². The van der Waals surface area contributed by atoms with Crippen molar-refractivity contribution in [3.05, 3.63) is 77.9 Å². The molecule has 0 aliphatic rings. The third-order valence-corrected chi connectivity index (χ3v) is 4.54. The van der Waals surface area contributed by atoms with Crippen LogP contribution in [-0.2, 0) is 6.42 Å². The van der Waals surface area contributed by atoms with E-state index in [2.05, 4.69) is 70.5 Å². The number of benzene rings is 3. The van der Waals surface area contributed by atoms with Crippen molar-refractivity contribution in [2.24, 2.45) is 0 Å². The van der Waals surface area contributed by atoms with E-state index in [1.807, 2.05) is 12.1 Å². The minimum atomic E-state index is 0.286. The van der Waals surface area contributed by atoms with Crippen LogP contribution in [0.5, 0.6) is 5.75 Å². The van der Waals surface area contributed by atoms with E-state index in [-0.39, 0.29) is 4.83 Å². The second-order valence-electron chi connectivity index (χ2n) is 5.13. The van der Waals surface area contributed by atoms with Crippen molar-refractivity contribution in [1.29, 1.82) is 0 Å². The molecular formula is C19H17BrO. The van der Waals surface area contributed by atoms with Crippen LogP contribution in [0.4, 0.5) is 0 Å². The molecule has 0 aromatic heterocycles. The summed E-state index contributed by atoms with van der Waals surface area (Å²) in [5.41, 5.74) is 2.57. The maximum Gasteiger partial charge on any atom is 0.119 e. The lowest BCUT2D eigenvalue weighted by Gasteiger charge is -2.12. The van der Waals surface area contributed by atoms with Crippen LogP contribution in [0.2, 0.25) is 0 Å². The Balaban J connectivity index is 1.83. The quantitative estimate of drug-likeness (QED) is 0.567. The molecule has 0 radical (unpaired) electrons. The van der Waals surface area contributed by atoms with Crippen molar-refractivity contribution in [3.63, 3.8) is 0 Å². The fraction of sp³-hybridized carbons (Fsp3) is 0.158. The SMILES string of the molecule is COc1cccc(C(Br)Cc2ccc3ccccc3c2)c1. The molecule has 3 rings (SSSR count). The first-order valence-electron chi connectivity index (χ1n) is 7.02. The number of alkyl halides is 1. The molecule has 1 nitrogen and oxygen atoms in total. The van der Waals surface area contributed by atoms with Crippen LogP contribution in [-0.4, -0.2) is 7.11 Å². The van der Waals surface area contributed by atoms with Crippen LogP contribution in [0.15, 0.2) is 66.7 Å². The number of rotatable bonds is 4. The smallest absolute Gasteiger partial charge is 0.119 e. The number of halogens is 1. The highest BCUT2D eigenvalue weighted by atomic mass is 79.9. The highest BCUT2D eigenvalue weighted by Crippen LogP contribution is 2.30. The van der Waals surface area contributed by atoms with Gasteiger partial charge in [-0.15, -0.1) is 0 Å². The van der Waals surface area contributed by atoms with Gasteiger partial charge in [0.2, 0.25) is 0 Å². The lowest BCUT2D eigenvalue weighted by atomic mass is 10.0. The summed E-state index contributed by atoms with van der Waals surface area (Å²) in [6, 6.07) is 23.3. The maximum atomic E-state index is 5.29. The van der Waals surface area contributed by atoms with Gasteiger partial charge < -0.3 is 4.74 Å². The van der Waals surface area contributed by atoms with Gasteiger partial charge in [0.25, 0.3) is 0 Å². The second kappa shape index (κ2) is 6.31. The molecule has 0 aliphatic heterocycles. The molecular weight excluding hydrogens is 324 g/mol. The van der Waals surface area contributed by atoms with Crippen LogP contribution in [0.3, 0.4) is 0 Å². The topological polar surface area (TPSA) is 9.23 Å². The van der Waals surface area contributed by atoms with Gasteiger partial charge in [-0.1, -0.05) is 70.5 Å². The van der Waals surface area contributed by atoms with E-state index in [9.17, 15) is 0 Å². The van der Waals surface area contributed by atoms with Crippen LogP contribution in [0.1, 0.15) is 16.0 Å². The molecule has 0 fully saturated rings. The van der Waals surface area contributed by atoms with Gasteiger partial charge in [0.15, 0.2) is 0 Å². The summed E-state index contributed by atoms with van der Waals surface area (Å²) < 4.78 is 5.29. The van der Waals surface area contributed by atoms with Gasteiger partial charge >= 0.3 is 0 Å². The molecule has 21 heavy (non-hydrogen) atoms. The highest BCUT2D eigenvalue weighted by molar-refractivity contribution is 9.09. The monoisotopic (exact) mass is 340 g/mol. The average molecular weight is 341 g/mol. The van der Waals surface area contributed by atoms with E-state index in [1.54, 1.807) is 7.11 Å². The first kappa shape index (κ1) is 14.2. The molecule has 0 aliphatic carbocycles. The molecule has 3 aromatic rings. The lowest BCUT2D eigenvalue weighted by molar-refractivity contribution is 0.414. The molecule has 1 atom stereocenters. The molecule has 2 heteroatoms. The predicted octanol–water partition coefficient (Wildman–Crippen LogP) is 5.53. The van der Waals surface area contributed by atoms with Gasteiger partial charge in [0.1, 0.15) is 5.75 Å². The second-order valence-corrected chi connectivity index (χ2v) is 6.24. The molecule has 3 aromatic carbocycles. The summed E-state index contributed by atoms with van der Waals surface area (Å²) in [6.07, 6.45) is 0.956. The summed E-state index contributed by atoms with van der Waals surface area (Å²) in [4.78, 5) is 0.286. The van der Waals surface area contributed by atoms with E-state index in [4.69, 9.17) is 4.74 Å². The van der Waals surface area contributed by atoms with Gasteiger partial charge in [-0.05, 0) is 40.5 Å². The Morgan fingerprint density at radius 1 is 0.905 bits per heavy atom. The van der Waals surface area contributed by atoms with Crippen LogP contribution < -0.4 is 4.74 Å². The molecule has 0 saturated heterocycles. The molecule has 106 valence electrons. The number of ether oxygens (including phenoxy) is 1. The number of fused-ring (bicyclic) bond motifs is 1. The standard InChI is InChI=1S/C19H17BrO/c1-21-18-8-4-7-17(13-18)19(20)12-14-9-10-15-5-2-3-6-16(15)11-14/h2-11,13,19H,12H2,1H3. The van der Waals surface area contributed by atoms with Crippen molar-refractivity contribution in [1.82, 2.24) is 0 Å². The van der Waals surface area contributed by atoms with Gasteiger partial charge in [-0.3, -0.25) is 0 Å². The lowest BCUT2D eigenvalue weighted by Crippen LogP contribution is -1.96. The minimum Gasteiger partial charge on any atom is -0.497 e. The normalized spacial score (nSPS) is 12.3. The zero-order valence-corrected chi connectivity index (χ0v) is 13.5. The number of hydrogen-bond acceptors (Lipinski definition) is 1. The minimum absolute atomic E-state index is 0.286. The molecule has 0 heterocycles. The Labute approximate surface area is 133 Å². The first-order valence-corrected chi connectivity index (χ1v) is 7.93. The van der Waals surface area contributed by atoms with Gasteiger partial charge in [-0.25, -0.2) is 0 Å². The van der Waals surface area contributed by atoms with Crippen molar-refractivity contribution in [2.75, 3.05) is 7.11 Å². The summed E-state index contributed by atoms with van der Waals surface area (Å²) in [5, 5.41) is 2.58. The molecule has 0 amide bonds. The molecule has 0 spiro atoms. The zero-order valence-electron chi connectivity index (χ0n) is 11.9. The Morgan fingerprint density at radius 2 is 1.71 bits per heavy atom. The molecule has 1 unspecified atom stereocenters. The Morgan fingerprint density at radius 3 is 2.52 bits per heavy atom. The molecule has 0 N–H and O–H groups in total. The fourth-order valence-corrected chi connectivity index (χ4v) is 3.19. The van der Waals surface area contributed by atoms with Crippen LogP contribution in [0.25, 0.3) is 10.8 Å². The zero-order chi connectivity index (χ0) is 14.7. The summed E-state index contributed by atoms with van der Waals surface area (Å²) in [6.45, 7) is 0. The number of methoxy groups -OCH3 is 1. The van der Waals surface area contributed by atoms with Gasteiger partial charge in [0, 0.05) is 4.83 Å². The third kappa shape index (κ3) is 3.27. The van der Waals surface area contributed by atoms with Crippen LogP contribution >= 0.6 is 15.9 Å². The van der Waals surface area contributed by atoms with Crippen molar-refractivity contribution in [3.8, 4) is 5.75 Å². The van der Waals surface area contributed by atoms with E-state index in [1.165, 1.54) is 21.9 Å². The maximum absolute atomic E-state index is 5.29. The van der Waals surface area contributed by atoms with Crippen molar-refractivity contribution >= 4 is 26.7 Å². The fourth-order valence-electron chi connectivity index (χ4n) is 2.53. The van der Waals surface area contributed by atoms with Crippen molar-refractivity contribution in [2.45, 2.75) is 11.2 Å². The predicted molar refractivity (Wildman–Crippen MR) is 92.3 cm³/mol. The first-order chi connectivity index (χ1) is 10.3. The average Bonchev–Trinajstić information content (AvgIpc) is 2.54. The highest BCUT2D eigenvalue weighted by Gasteiger charge is 2.09. The van der Waals surface area contributed by atoms with E-state index in [0.29, 0.717) is 0 Å². The van der Waals surface area contributed by atoms with E-state index in [0.717, 1.165) is 12.2 Å². The summed E-state index contributed by atoms with van der Waals surface area (Å²) in [7, 11) is 1.70. The van der Waals surface area contributed by atoms with Gasteiger partial charge in [0.05, 0.1) is 7.11 Å². The van der Waals surface area contributed by atoms with E-state index < -0.39 is 0 Å². The van der Waals surface area contributed by atoms with E-state index >= 15 is 0 Å².